The average molecular weight is 401 g/mol. The molecule has 1 amide bonds. The van der Waals surface area contributed by atoms with Crippen LogP contribution < -0.4 is 9.62 Å². The first-order valence-electron chi connectivity index (χ1n) is 9.78. The van der Waals surface area contributed by atoms with Crippen molar-refractivity contribution in [1.29, 1.82) is 0 Å². The van der Waals surface area contributed by atoms with Crippen molar-refractivity contribution in [3.8, 4) is 0 Å². The Morgan fingerprint density at radius 2 is 1.68 bits per heavy atom. The van der Waals surface area contributed by atoms with E-state index in [0.29, 0.717) is 11.3 Å². The first-order chi connectivity index (χ1) is 13.3. The summed E-state index contributed by atoms with van der Waals surface area (Å²) in [7, 11) is -3.46. The van der Waals surface area contributed by atoms with E-state index in [1.165, 1.54) is 17.0 Å². The van der Waals surface area contributed by atoms with Crippen molar-refractivity contribution in [2.75, 3.05) is 10.6 Å². The highest BCUT2D eigenvalue weighted by molar-refractivity contribution is 7.92. The number of rotatable bonds is 6. The largest absolute Gasteiger partial charge is 0.349 e. The Balaban J connectivity index is 1.76. The van der Waals surface area contributed by atoms with E-state index >= 15 is 0 Å². The number of benzene rings is 2. The summed E-state index contributed by atoms with van der Waals surface area (Å²) < 4.78 is 26.1. The average Bonchev–Trinajstić information content (AvgIpc) is 2.67. The lowest BCUT2D eigenvalue weighted by Gasteiger charge is -2.24. The molecule has 1 N–H and O–H groups in total. The van der Waals surface area contributed by atoms with E-state index < -0.39 is 10.0 Å². The van der Waals surface area contributed by atoms with Crippen LogP contribution in [-0.4, -0.2) is 26.6 Å². The van der Waals surface area contributed by atoms with Gasteiger partial charge in [-0.3, -0.25) is 9.10 Å². The van der Waals surface area contributed by atoms with Gasteiger partial charge in [0.1, 0.15) is 0 Å². The van der Waals surface area contributed by atoms with Crippen LogP contribution in [0.5, 0.6) is 0 Å². The minimum atomic E-state index is -3.46. The molecule has 28 heavy (non-hydrogen) atoms. The number of nitrogens with one attached hydrogen (secondary N) is 1. The molecule has 0 radical (unpaired) electrons. The third-order valence-electron chi connectivity index (χ3n) is 5.33. The maximum atomic E-state index is 12.5. The highest BCUT2D eigenvalue weighted by Crippen LogP contribution is 2.23. The molecular formula is C22H28N2O3S. The fourth-order valence-corrected chi connectivity index (χ4v) is 4.52. The number of anilines is 1. The number of carbonyl (C=O) groups excluding carboxylic acids is 1. The SMILES string of the molecule is Cc1ccccc1CN(c1ccc(C(=O)NC2CCCCC2)cc1)S(C)(=O)=O. The zero-order valence-electron chi connectivity index (χ0n) is 16.5. The summed E-state index contributed by atoms with van der Waals surface area (Å²) >= 11 is 0. The first kappa shape index (κ1) is 20.4. The molecule has 0 atom stereocenters. The standard InChI is InChI=1S/C22H28N2O3S/c1-17-8-6-7-9-19(17)16-24(28(2,26)27)21-14-12-18(13-15-21)22(25)23-20-10-4-3-5-11-20/h6-9,12-15,20H,3-5,10-11,16H2,1-2H3,(H,23,25). The summed E-state index contributed by atoms with van der Waals surface area (Å²) in [5.74, 6) is -0.0942. The normalized spacial score (nSPS) is 15.2. The van der Waals surface area contributed by atoms with Gasteiger partial charge < -0.3 is 5.32 Å². The van der Waals surface area contributed by atoms with Crippen LogP contribution in [0.3, 0.4) is 0 Å². The number of carbonyl (C=O) groups is 1. The summed E-state index contributed by atoms with van der Waals surface area (Å²) in [6, 6.07) is 14.8. The van der Waals surface area contributed by atoms with Crippen LogP contribution in [0, 0.1) is 6.92 Å². The van der Waals surface area contributed by atoms with Crippen LogP contribution in [0.2, 0.25) is 0 Å². The first-order valence-corrected chi connectivity index (χ1v) is 11.6. The van der Waals surface area contributed by atoms with Crippen molar-refractivity contribution in [1.82, 2.24) is 5.32 Å². The van der Waals surface area contributed by atoms with E-state index in [1.807, 2.05) is 31.2 Å². The lowest BCUT2D eigenvalue weighted by Crippen LogP contribution is -2.36. The molecule has 5 nitrogen and oxygen atoms in total. The number of sulfonamides is 1. The second kappa shape index (κ2) is 8.78. The number of hydrogen-bond acceptors (Lipinski definition) is 3. The van der Waals surface area contributed by atoms with E-state index in [0.717, 1.165) is 36.8 Å². The van der Waals surface area contributed by atoms with Gasteiger partial charge in [-0.25, -0.2) is 8.42 Å². The molecule has 0 aromatic heterocycles. The van der Waals surface area contributed by atoms with Crippen molar-refractivity contribution in [3.05, 3.63) is 65.2 Å². The van der Waals surface area contributed by atoms with Crippen molar-refractivity contribution >= 4 is 21.6 Å². The second-order valence-corrected chi connectivity index (χ2v) is 9.46. The summed E-state index contributed by atoms with van der Waals surface area (Å²) in [6.07, 6.45) is 6.82. The van der Waals surface area contributed by atoms with Crippen LogP contribution in [0.25, 0.3) is 0 Å². The van der Waals surface area contributed by atoms with E-state index in [2.05, 4.69) is 5.32 Å². The number of aryl methyl sites for hydroxylation is 1. The monoisotopic (exact) mass is 400 g/mol. The van der Waals surface area contributed by atoms with E-state index in [9.17, 15) is 13.2 Å². The molecule has 0 spiro atoms. The van der Waals surface area contributed by atoms with Crippen molar-refractivity contribution in [2.24, 2.45) is 0 Å². The number of amides is 1. The molecule has 0 saturated heterocycles. The lowest BCUT2D eigenvalue weighted by molar-refractivity contribution is 0.0927. The molecule has 6 heteroatoms. The third-order valence-corrected chi connectivity index (χ3v) is 6.47. The lowest BCUT2D eigenvalue weighted by atomic mass is 9.95. The Morgan fingerprint density at radius 1 is 1.04 bits per heavy atom. The zero-order valence-corrected chi connectivity index (χ0v) is 17.3. The molecule has 150 valence electrons. The molecule has 2 aromatic rings. The molecular weight excluding hydrogens is 372 g/mol. The van der Waals surface area contributed by atoms with Crippen molar-refractivity contribution < 1.29 is 13.2 Å². The van der Waals surface area contributed by atoms with Gasteiger partial charge in [-0.2, -0.15) is 0 Å². The number of hydrogen-bond donors (Lipinski definition) is 1. The molecule has 1 fully saturated rings. The van der Waals surface area contributed by atoms with Crippen LogP contribution in [0.1, 0.15) is 53.6 Å². The molecule has 0 bridgehead atoms. The molecule has 1 aliphatic carbocycles. The second-order valence-electron chi connectivity index (χ2n) is 7.55. The Labute approximate surface area is 167 Å². The Kier molecular flexibility index (Phi) is 6.39. The third kappa shape index (κ3) is 5.13. The Bertz CT molecular complexity index is 917. The molecule has 0 aliphatic heterocycles. The van der Waals surface area contributed by atoms with Gasteiger partial charge in [0.25, 0.3) is 5.91 Å². The van der Waals surface area contributed by atoms with Crippen molar-refractivity contribution in [3.63, 3.8) is 0 Å². The van der Waals surface area contributed by atoms with Crippen LogP contribution >= 0.6 is 0 Å². The molecule has 2 aromatic carbocycles. The molecule has 3 rings (SSSR count). The maximum absolute atomic E-state index is 12.5. The molecule has 0 unspecified atom stereocenters. The van der Waals surface area contributed by atoms with E-state index in [1.54, 1.807) is 24.3 Å². The Morgan fingerprint density at radius 3 is 2.29 bits per heavy atom. The van der Waals surface area contributed by atoms with Gasteiger partial charge in [0.05, 0.1) is 18.5 Å². The van der Waals surface area contributed by atoms with Crippen LogP contribution in [0.4, 0.5) is 5.69 Å². The maximum Gasteiger partial charge on any atom is 0.251 e. The van der Waals surface area contributed by atoms with Gasteiger partial charge in [0.15, 0.2) is 0 Å². The minimum Gasteiger partial charge on any atom is -0.349 e. The van der Waals surface area contributed by atoms with Gasteiger partial charge in [-0.05, 0) is 55.2 Å². The predicted octanol–water partition coefficient (Wildman–Crippen LogP) is 4.02. The Hall–Kier alpha value is -2.34. The fraction of sp³-hybridized carbons (Fsp3) is 0.409. The van der Waals surface area contributed by atoms with Crippen molar-refractivity contribution in [2.45, 2.75) is 51.6 Å². The summed E-state index contributed by atoms with van der Waals surface area (Å²) in [5.41, 5.74) is 3.10. The van der Waals surface area contributed by atoms with Gasteiger partial charge in [-0.15, -0.1) is 0 Å². The smallest absolute Gasteiger partial charge is 0.251 e. The van der Waals surface area contributed by atoms with E-state index in [-0.39, 0.29) is 18.5 Å². The van der Waals surface area contributed by atoms with Gasteiger partial charge in [-0.1, -0.05) is 43.5 Å². The quantitative estimate of drug-likeness (QED) is 0.796. The highest BCUT2D eigenvalue weighted by atomic mass is 32.2. The summed E-state index contributed by atoms with van der Waals surface area (Å²) in [4.78, 5) is 12.5. The fourth-order valence-electron chi connectivity index (χ4n) is 3.64. The van der Waals surface area contributed by atoms with Gasteiger partial charge >= 0.3 is 0 Å². The molecule has 0 heterocycles. The predicted molar refractivity (Wildman–Crippen MR) is 113 cm³/mol. The van der Waals surface area contributed by atoms with Crippen LogP contribution in [-0.2, 0) is 16.6 Å². The van der Waals surface area contributed by atoms with Gasteiger partial charge in [0, 0.05) is 11.6 Å². The molecule has 1 saturated carbocycles. The minimum absolute atomic E-state index is 0.0942. The molecule has 1 aliphatic rings. The van der Waals surface area contributed by atoms with Crippen LogP contribution in [0.15, 0.2) is 48.5 Å². The summed E-state index contributed by atoms with van der Waals surface area (Å²) in [6.45, 7) is 2.23. The highest BCUT2D eigenvalue weighted by Gasteiger charge is 2.20. The topological polar surface area (TPSA) is 66.5 Å². The summed E-state index contributed by atoms with van der Waals surface area (Å²) in [5, 5.41) is 3.09. The van der Waals surface area contributed by atoms with Gasteiger partial charge in [0.2, 0.25) is 10.0 Å². The number of nitrogens with zero attached hydrogens (tertiary/aromatic N) is 1. The van der Waals surface area contributed by atoms with E-state index in [4.69, 9.17) is 0 Å². The zero-order chi connectivity index (χ0) is 20.1.